The highest BCUT2D eigenvalue weighted by atomic mass is 19.1. The van der Waals surface area contributed by atoms with Crippen molar-refractivity contribution in [2.24, 2.45) is 21.1 Å². The van der Waals surface area contributed by atoms with E-state index in [0.29, 0.717) is 24.2 Å². The van der Waals surface area contributed by atoms with Gasteiger partial charge in [-0.2, -0.15) is 0 Å². The lowest BCUT2D eigenvalue weighted by Gasteiger charge is -2.35. The molecule has 0 aliphatic heterocycles. The first-order valence-electron chi connectivity index (χ1n) is 9.63. The fourth-order valence-electron chi connectivity index (χ4n) is 3.07. The maximum absolute atomic E-state index is 12.6. The summed E-state index contributed by atoms with van der Waals surface area (Å²) in [7, 11) is 1.97. The van der Waals surface area contributed by atoms with Crippen LogP contribution in [0.1, 0.15) is 46.0 Å². The number of halogens is 1. The Morgan fingerprint density at radius 1 is 1.30 bits per heavy atom. The molecule has 0 aromatic rings. The normalized spacial score (nSPS) is 15.0. The van der Waals surface area contributed by atoms with E-state index in [1.165, 1.54) is 11.8 Å². The smallest absolute Gasteiger partial charge is 0.155 e. The van der Waals surface area contributed by atoms with E-state index in [1.807, 2.05) is 7.05 Å². The maximum atomic E-state index is 12.6. The van der Waals surface area contributed by atoms with Gasteiger partial charge in [-0.3, -0.25) is 9.98 Å². The van der Waals surface area contributed by atoms with E-state index < -0.39 is 0 Å². The lowest BCUT2D eigenvalue weighted by atomic mass is 9.71. The maximum Gasteiger partial charge on any atom is 0.155 e. The Labute approximate surface area is 164 Å². The van der Waals surface area contributed by atoms with Crippen LogP contribution >= 0.6 is 0 Å². The molecule has 5 nitrogen and oxygen atoms in total. The molecule has 0 heterocycles. The second-order valence-corrected chi connectivity index (χ2v) is 6.60. The Morgan fingerprint density at radius 2 is 2.04 bits per heavy atom. The molecule has 27 heavy (non-hydrogen) atoms. The summed E-state index contributed by atoms with van der Waals surface area (Å²) in [5.41, 5.74) is 7.18. The number of nitrogens with one attached hydrogen (secondary N) is 1. The third-order valence-electron chi connectivity index (χ3n) is 4.76. The summed E-state index contributed by atoms with van der Waals surface area (Å²) < 4.78 is 18.1. The summed E-state index contributed by atoms with van der Waals surface area (Å²) in [6.45, 7) is 13.9. The Kier molecular flexibility index (Phi) is 14.3. The second-order valence-electron chi connectivity index (χ2n) is 6.60. The third-order valence-corrected chi connectivity index (χ3v) is 4.76. The monoisotopic (exact) mass is 380 g/mol. The zero-order valence-corrected chi connectivity index (χ0v) is 17.3. The lowest BCUT2D eigenvalue weighted by Crippen LogP contribution is -2.28. The van der Waals surface area contributed by atoms with E-state index in [1.54, 1.807) is 6.21 Å². The van der Waals surface area contributed by atoms with Crippen molar-refractivity contribution in [3.8, 4) is 0 Å². The molecule has 0 aliphatic carbocycles. The molecule has 0 aromatic heterocycles. The summed E-state index contributed by atoms with van der Waals surface area (Å²) >= 11 is 0. The van der Waals surface area contributed by atoms with Crippen molar-refractivity contribution in [1.29, 1.82) is 0 Å². The van der Waals surface area contributed by atoms with Gasteiger partial charge >= 0.3 is 0 Å². The van der Waals surface area contributed by atoms with E-state index in [9.17, 15) is 4.39 Å². The number of aliphatic imine (C=N–C) groups is 2. The number of allylic oxidation sites excluding steroid dienone is 2. The minimum absolute atomic E-state index is 0.0644. The fourth-order valence-corrected chi connectivity index (χ4v) is 3.07. The second kappa shape index (κ2) is 15.3. The van der Waals surface area contributed by atoms with Gasteiger partial charge < -0.3 is 15.8 Å². The molecular formula is C21H37FN4O. The van der Waals surface area contributed by atoms with Gasteiger partial charge in [-0.1, -0.05) is 32.4 Å². The summed E-state index contributed by atoms with van der Waals surface area (Å²) in [6.07, 6.45) is 8.70. The quantitative estimate of drug-likeness (QED) is 0.240. The molecule has 0 aliphatic rings. The topological polar surface area (TPSA) is 72.0 Å². The number of ether oxygens (including phenoxy) is 1. The number of hydrogen-bond donors (Lipinski definition) is 2. The molecule has 0 fully saturated rings. The van der Waals surface area contributed by atoms with Crippen LogP contribution in [0.25, 0.3) is 0 Å². The molecule has 0 bridgehead atoms. The van der Waals surface area contributed by atoms with Crippen LogP contribution in [-0.4, -0.2) is 46.2 Å². The summed E-state index contributed by atoms with van der Waals surface area (Å²) in [4.78, 5) is 8.21. The Morgan fingerprint density at radius 3 is 2.56 bits per heavy atom. The molecule has 0 aromatic carbocycles. The highest BCUT2D eigenvalue weighted by Gasteiger charge is 2.30. The van der Waals surface area contributed by atoms with Gasteiger partial charge in [-0.15, -0.1) is 0 Å². The van der Waals surface area contributed by atoms with Crippen molar-refractivity contribution in [2.45, 2.75) is 46.0 Å². The van der Waals surface area contributed by atoms with Crippen molar-refractivity contribution >= 4 is 12.9 Å². The van der Waals surface area contributed by atoms with Crippen molar-refractivity contribution in [1.82, 2.24) is 5.32 Å². The summed E-state index contributed by atoms with van der Waals surface area (Å²) in [5, 5.41) is 3.25. The number of hydrogen-bond acceptors (Lipinski definition) is 5. The van der Waals surface area contributed by atoms with Gasteiger partial charge in [-0.25, -0.2) is 4.39 Å². The van der Waals surface area contributed by atoms with Crippen molar-refractivity contribution in [3.63, 3.8) is 0 Å². The summed E-state index contributed by atoms with van der Waals surface area (Å²) in [6, 6.07) is 0. The third kappa shape index (κ3) is 9.63. The molecule has 0 rings (SSSR count). The molecule has 154 valence electrons. The van der Waals surface area contributed by atoms with E-state index in [0.717, 1.165) is 38.6 Å². The molecular weight excluding hydrogens is 343 g/mol. The van der Waals surface area contributed by atoms with Crippen LogP contribution in [0.15, 0.2) is 46.0 Å². The first kappa shape index (κ1) is 25.2. The number of nitrogens with zero attached hydrogens (tertiary/aromatic N) is 2. The Hall–Kier alpha value is -1.79. The zero-order valence-electron chi connectivity index (χ0n) is 17.3. The van der Waals surface area contributed by atoms with Gasteiger partial charge in [0, 0.05) is 18.7 Å². The molecule has 1 unspecified atom stereocenters. The van der Waals surface area contributed by atoms with E-state index >= 15 is 0 Å². The van der Waals surface area contributed by atoms with Crippen LogP contribution in [-0.2, 0) is 4.74 Å². The van der Waals surface area contributed by atoms with Gasteiger partial charge in [0.15, 0.2) is 5.76 Å². The fraction of sp³-hybridized carbons (Fsp3) is 0.619. The van der Waals surface area contributed by atoms with E-state index in [-0.39, 0.29) is 18.6 Å². The van der Waals surface area contributed by atoms with Gasteiger partial charge in [0.25, 0.3) is 0 Å². The van der Waals surface area contributed by atoms with Gasteiger partial charge in [0.1, 0.15) is 6.61 Å². The highest BCUT2D eigenvalue weighted by molar-refractivity contribution is 5.76. The largest absolute Gasteiger partial charge is 0.486 e. The predicted molar refractivity (Wildman–Crippen MR) is 115 cm³/mol. The Balaban J connectivity index is 5.00. The lowest BCUT2D eigenvalue weighted by molar-refractivity contribution is 0.257. The SMILES string of the molecule is C=N/C=C(\C=N/CCC(CCC)(CCNC)C(=C)CC)OC/C(=C/F)CN. The van der Waals surface area contributed by atoms with Crippen LogP contribution in [0, 0.1) is 5.41 Å². The van der Waals surface area contributed by atoms with E-state index in [4.69, 9.17) is 10.5 Å². The molecule has 0 saturated heterocycles. The molecule has 0 saturated carbocycles. The average Bonchev–Trinajstić information content (AvgIpc) is 2.69. The van der Waals surface area contributed by atoms with Gasteiger partial charge in [0.2, 0.25) is 0 Å². The molecule has 6 heteroatoms. The molecule has 0 radical (unpaired) electrons. The molecule has 0 spiro atoms. The first-order valence-corrected chi connectivity index (χ1v) is 9.63. The molecule has 1 atom stereocenters. The first-order chi connectivity index (χ1) is 13.0. The zero-order chi connectivity index (χ0) is 20.5. The van der Waals surface area contributed by atoms with Gasteiger partial charge in [-0.05, 0) is 51.4 Å². The minimum atomic E-state index is 0.0644. The Bertz CT molecular complexity index is 528. The van der Waals surface area contributed by atoms with Crippen LogP contribution in [0.5, 0.6) is 0 Å². The standard InChI is InChI=1S/C21H37FN4O/c1-6-8-21(9-11-24-4,18(3)7-2)10-12-26-16-20(15-25-5)27-17-19(13-22)14-23/h13,15-16,24H,3,5-12,14,17,23H2,1-2,4H3/b19-13+,20-15+,26-16-. The average molecular weight is 381 g/mol. The molecule has 0 amide bonds. The minimum Gasteiger partial charge on any atom is -0.486 e. The van der Waals surface area contributed by atoms with Crippen LogP contribution in [0.3, 0.4) is 0 Å². The van der Waals surface area contributed by atoms with Crippen LogP contribution < -0.4 is 11.1 Å². The molecule has 3 N–H and O–H groups in total. The van der Waals surface area contributed by atoms with Crippen LogP contribution in [0.2, 0.25) is 0 Å². The predicted octanol–water partition coefficient (Wildman–Crippen LogP) is 4.18. The number of nitrogens with two attached hydrogens (primary N) is 1. The van der Waals surface area contributed by atoms with Gasteiger partial charge in [0.05, 0.1) is 18.7 Å². The van der Waals surface area contributed by atoms with Crippen molar-refractivity contribution in [2.75, 3.05) is 33.3 Å². The highest BCUT2D eigenvalue weighted by Crippen LogP contribution is 2.40. The van der Waals surface area contributed by atoms with Crippen molar-refractivity contribution in [3.05, 3.63) is 36.0 Å². The van der Waals surface area contributed by atoms with Crippen molar-refractivity contribution < 1.29 is 9.13 Å². The van der Waals surface area contributed by atoms with Crippen LogP contribution in [0.4, 0.5) is 4.39 Å². The number of rotatable bonds is 16. The summed E-state index contributed by atoms with van der Waals surface area (Å²) in [5.74, 6) is 0.434. The van der Waals surface area contributed by atoms with E-state index in [2.05, 4.69) is 42.4 Å².